The minimum absolute atomic E-state index is 0.0117. The molecule has 2 nitrogen and oxygen atoms in total. The van der Waals surface area contributed by atoms with Gasteiger partial charge in [-0.25, -0.2) is 4.39 Å². The van der Waals surface area contributed by atoms with Crippen molar-refractivity contribution in [3.8, 4) is 0 Å². The SMILES string of the molecule is O=C(O)CC[C@H]1CCSC[C@H]1F. The molecule has 0 spiro atoms. The van der Waals surface area contributed by atoms with E-state index in [1.807, 2.05) is 0 Å². The van der Waals surface area contributed by atoms with Gasteiger partial charge in [0.25, 0.3) is 0 Å². The minimum Gasteiger partial charge on any atom is -0.481 e. The van der Waals surface area contributed by atoms with Crippen molar-refractivity contribution < 1.29 is 14.3 Å². The van der Waals surface area contributed by atoms with E-state index in [-0.39, 0.29) is 12.3 Å². The van der Waals surface area contributed by atoms with Gasteiger partial charge in [-0.05, 0) is 24.5 Å². The Balaban J connectivity index is 2.24. The summed E-state index contributed by atoms with van der Waals surface area (Å²) in [6.07, 6.45) is 0.648. The lowest BCUT2D eigenvalue weighted by molar-refractivity contribution is -0.137. The molecule has 0 amide bonds. The van der Waals surface area contributed by atoms with E-state index in [1.54, 1.807) is 11.8 Å². The zero-order chi connectivity index (χ0) is 8.97. The van der Waals surface area contributed by atoms with E-state index in [1.165, 1.54) is 0 Å². The first kappa shape index (κ1) is 9.84. The van der Waals surface area contributed by atoms with Crippen molar-refractivity contribution in [2.24, 2.45) is 5.92 Å². The van der Waals surface area contributed by atoms with Crippen molar-refractivity contribution >= 4 is 17.7 Å². The quantitative estimate of drug-likeness (QED) is 0.742. The molecule has 70 valence electrons. The van der Waals surface area contributed by atoms with Crippen molar-refractivity contribution in [1.29, 1.82) is 0 Å². The van der Waals surface area contributed by atoms with Gasteiger partial charge in [0, 0.05) is 12.2 Å². The van der Waals surface area contributed by atoms with Crippen molar-refractivity contribution in [2.75, 3.05) is 11.5 Å². The van der Waals surface area contributed by atoms with Gasteiger partial charge < -0.3 is 5.11 Å². The van der Waals surface area contributed by atoms with E-state index < -0.39 is 12.1 Å². The second-order valence-electron chi connectivity index (χ2n) is 3.07. The lowest BCUT2D eigenvalue weighted by Gasteiger charge is -2.24. The number of thioether (sulfide) groups is 1. The van der Waals surface area contributed by atoms with Gasteiger partial charge in [-0.3, -0.25) is 4.79 Å². The summed E-state index contributed by atoms with van der Waals surface area (Å²) < 4.78 is 13.1. The van der Waals surface area contributed by atoms with Gasteiger partial charge in [-0.15, -0.1) is 0 Å². The maximum Gasteiger partial charge on any atom is 0.303 e. The van der Waals surface area contributed by atoms with Crippen molar-refractivity contribution in [1.82, 2.24) is 0 Å². The Morgan fingerprint density at radius 3 is 3.00 bits per heavy atom. The first-order valence-corrected chi connectivity index (χ1v) is 5.29. The first-order valence-electron chi connectivity index (χ1n) is 4.13. The van der Waals surface area contributed by atoms with Gasteiger partial charge in [0.1, 0.15) is 6.17 Å². The van der Waals surface area contributed by atoms with Gasteiger partial charge in [0.05, 0.1) is 0 Å². The third-order valence-corrected chi connectivity index (χ3v) is 3.23. The summed E-state index contributed by atoms with van der Waals surface area (Å²) >= 11 is 1.62. The first-order chi connectivity index (χ1) is 5.70. The summed E-state index contributed by atoms with van der Waals surface area (Å²) in [4.78, 5) is 10.2. The zero-order valence-electron chi connectivity index (χ0n) is 6.83. The van der Waals surface area contributed by atoms with E-state index in [4.69, 9.17) is 5.11 Å². The average molecular weight is 192 g/mol. The Morgan fingerprint density at radius 1 is 1.67 bits per heavy atom. The van der Waals surface area contributed by atoms with Crippen LogP contribution < -0.4 is 0 Å². The largest absolute Gasteiger partial charge is 0.481 e. The molecular weight excluding hydrogens is 179 g/mol. The molecule has 12 heavy (non-hydrogen) atoms. The van der Waals surface area contributed by atoms with Gasteiger partial charge in [0.2, 0.25) is 0 Å². The van der Waals surface area contributed by atoms with Crippen LogP contribution in [0.2, 0.25) is 0 Å². The van der Waals surface area contributed by atoms with Crippen LogP contribution in [0.15, 0.2) is 0 Å². The number of halogens is 1. The fourth-order valence-electron chi connectivity index (χ4n) is 1.38. The fourth-order valence-corrected chi connectivity index (χ4v) is 2.52. The number of hydrogen-bond acceptors (Lipinski definition) is 2. The minimum atomic E-state index is -0.819. The lowest BCUT2D eigenvalue weighted by atomic mass is 9.95. The highest BCUT2D eigenvalue weighted by molar-refractivity contribution is 7.99. The molecule has 0 saturated carbocycles. The van der Waals surface area contributed by atoms with Crippen LogP contribution in [0.25, 0.3) is 0 Å². The molecule has 0 aromatic rings. The Labute approximate surface area is 75.5 Å². The summed E-state index contributed by atoms with van der Waals surface area (Å²) in [5.41, 5.74) is 0. The number of aliphatic carboxylic acids is 1. The predicted octanol–water partition coefficient (Wildman–Crippen LogP) is 1.94. The molecule has 0 aromatic heterocycles. The summed E-state index contributed by atoms with van der Waals surface area (Å²) in [7, 11) is 0. The Bertz CT molecular complexity index is 163. The smallest absolute Gasteiger partial charge is 0.303 e. The molecule has 0 bridgehead atoms. The fraction of sp³-hybridized carbons (Fsp3) is 0.875. The summed E-state index contributed by atoms with van der Waals surface area (Å²) in [5.74, 6) is 0.692. The molecule has 1 fully saturated rings. The van der Waals surface area contributed by atoms with Crippen LogP contribution in [0.3, 0.4) is 0 Å². The molecule has 2 atom stereocenters. The van der Waals surface area contributed by atoms with Crippen LogP contribution in [-0.4, -0.2) is 28.8 Å². The second kappa shape index (κ2) is 4.70. The number of carbonyl (C=O) groups is 1. The van der Waals surface area contributed by atoms with Crippen molar-refractivity contribution in [2.45, 2.75) is 25.4 Å². The van der Waals surface area contributed by atoms with Gasteiger partial charge in [-0.2, -0.15) is 11.8 Å². The van der Waals surface area contributed by atoms with Gasteiger partial charge in [-0.1, -0.05) is 0 Å². The van der Waals surface area contributed by atoms with Gasteiger partial charge >= 0.3 is 5.97 Å². The molecule has 1 saturated heterocycles. The highest BCUT2D eigenvalue weighted by Gasteiger charge is 2.25. The highest BCUT2D eigenvalue weighted by atomic mass is 32.2. The van der Waals surface area contributed by atoms with E-state index >= 15 is 0 Å². The maximum atomic E-state index is 13.1. The van der Waals surface area contributed by atoms with Crippen LogP contribution in [0.5, 0.6) is 0 Å². The Hall–Kier alpha value is -0.250. The summed E-state index contributed by atoms with van der Waals surface area (Å²) in [6.45, 7) is 0. The van der Waals surface area contributed by atoms with Crippen LogP contribution in [0, 0.1) is 5.92 Å². The summed E-state index contributed by atoms with van der Waals surface area (Å²) in [5, 5.41) is 8.40. The van der Waals surface area contributed by atoms with Crippen LogP contribution in [-0.2, 0) is 4.79 Å². The number of carboxylic acid groups (broad SMARTS) is 1. The van der Waals surface area contributed by atoms with Crippen LogP contribution >= 0.6 is 11.8 Å². The topological polar surface area (TPSA) is 37.3 Å². The molecule has 0 unspecified atom stereocenters. The number of rotatable bonds is 3. The van der Waals surface area contributed by atoms with E-state index in [0.717, 1.165) is 12.2 Å². The zero-order valence-corrected chi connectivity index (χ0v) is 7.65. The molecule has 1 rings (SSSR count). The predicted molar refractivity (Wildman–Crippen MR) is 47.2 cm³/mol. The molecule has 0 aromatic carbocycles. The number of hydrogen-bond donors (Lipinski definition) is 1. The van der Waals surface area contributed by atoms with E-state index in [2.05, 4.69) is 0 Å². The number of alkyl halides is 1. The number of carboxylic acids is 1. The molecule has 1 N–H and O–H groups in total. The lowest BCUT2D eigenvalue weighted by Crippen LogP contribution is -2.24. The van der Waals surface area contributed by atoms with E-state index in [9.17, 15) is 9.18 Å². The van der Waals surface area contributed by atoms with Crippen molar-refractivity contribution in [3.63, 3.8) is 0 Å². The molecular formula is C8H13FO2S. The maximum absolute atomic E-state index is 13.1. The molecule has 0 aliphatic carbocycles. The normalized spacial score (nSPS) is 30.1. The Kier molecular flexibility index (Phi) is 3.85. The standard InChI is InChI=1S/C8H13FO2S/c9-7-5-12-4-3-6(7)1-2-8(10)11/h6-7H,1-5H2,(H,10,11)/t6-,7+/m0/s1. The summed E-state index contributed by atoms with van der Waals surface area (Å²) in [6, 6.07) is 0. The third kappa shape index (κ3) is 3.01. The van der Waals surface area contributed by atoms with E-state index in [0.29, 0.717) is 12.2 Å². The van der Waals surface area contributed by atoms with Crippen LogP contribution in [0.1, 0.15) is 19.3 Å². The monoisotopic (exact) mass is 192 g/mol. The molecule has 1 heterocycles. The molecule has 1 aliphatic rings. The molecule has 4 heteroatoms. The average Bonchev–Trinajstić information content (AvgIpc) is 2.03. The molecule has 1 aliphatic heterocycles. The Morgan fingerprint density at radius 2 is 2.42 bits per heavy atom. The second-order valence-corrected chi connectivity index (χ2v) is 4.22. The van der Waals surface area contributed by atoms with Crippen LogP contribution in [0.4, 0.5) is 4.39 Å². The van der Waals surface area contributed by atoms with Crippen molar-refractivity contribution in [3.05, 3.63) is 0 Å². The third-order valence-electron chi connectivity index (χ3n) is 2.15. The van der Waals surface area contributed by atoms with Gasteiger partial charge in [0.15, 0.2) is 0 Å². The molecule has 0 radical (unpaired) electrons. The highest BCUT2D eigenvalue weighted by Crippen LogP contribution is 2.28.